The Morgan fingerprint density at radius 2 is 1.87 bits per heavy atom. The lowest BCUT2D eigenvalue weighted by Gasteiger charge is -2.07. The third-order valence-electron chi connectivity index (χ3n) is 5.87. The molecular weight excluding hydrogens is 400 g/mol. The summed E-state index contributed by atoms with van der Waals surface area (Å²) in [5.74, 6) is 0. The Morgan fingerprint density at radius 1 is 0.968 bits per heavy atom. The van der Waals surface area contributed by atoms with E-state index >= 15 is 0 Å². The average Bonchev–Trinajstić information content (AvgIpc) is 3.47. The Kier molecular flexibility index (Phi) is 5.38. The maximum Gasteiger partial charge on any atom is 0.0534 e. The summed E-state index contributed by atoms with van der Waals surface area (Å²) in [7, 11) is 0. The van der Waals surface area contributed by atoms with E-state index < -0.39 is 0 Å². The number of rotatable bonds is 7. The number of fused-ring (bicyclic) bond motifs is 3. The predicted octanol–water partition coefficient (Wildman–Crippen LogP) is 6.15. The number of hydrogen-bond donors (Lipinski definition) is 1. The monoisotopic (exact) mass is 428 g/mol. The molecule has 0 unspecified atom stereocenters. The molecule has 0 atom stereocenters. The number of aryl methyl sites for hydroxylation is 3. The van der Waals surface area contributed by atoms with Crippen molar-refractivity contribution in [1.29, 1.82) is 0 Å². The number of nitrogens with zero attached hydrogens (tertiary/aromatic N) is 3. The maximum absolute atomic E-state index is 4.35. The highest BCUT2D eigenvalue weighted by Gasteiger charge is 2.12. The van der Waals surface area contributed by atoms with Crippen molar-refractivity contribution in [2.45, 2.75) is 40.4 Å². The molecule has 0 aliphatic heterocycles. The van der Waals surface area contributed by atoms with Gasteiger partial charge in [-0.2, -0.15) is 5.10 Å². The van der Waals surface area contributed by atoms with Gasteiger partial charge in [0.05, 0.1) is 12.7 Å². The molecule has 0 fully saturated rings. The second-order valence-electron chi connectivity index (χ2n) is 8.27. The first-order valence-corrected chi connectivity index (χ1v) is 11.8. The zero-order valence-corrected chi connectivity index (χ0v) is 19.2. The molecule has 0 aliphatic rings. The van der Waals surface area contributed by atoms with Crippen molar-refractivity contribution in [1.82, 2.24) is 19.7 Å². The van der Waals surface area contributed by atoms with Crippen molar-refractivity contribution in [3.63, 3.8) is 0 Å². The van der Waals surface area contributed by atoms with Gasteiger partial charge in [-0.25, -0.2) is 0 Å². The molecule has 0 bridgehead atoms. The van der Waals surface area contributed by atoms with Crippen LogP contribution in [0, 0.1) is 13.8 Å². The third kappa shape index (κ3) is 3.91. The molecule has 3 aromatic heterocycles. The fourth-order valence-electron chi connectivity index (χ4n) is 4.35. The van der Waals surface area contributed by atoms with Crippen LogP contribution in [0.3, 0.4) is 0 Å². The molecule has 2 aromatic carbocycles. The van der Waals surface area contributed by atoms with Crippen LogP contribution in [-0.2, 0) is 19.6 Å². The summed E-state index contributed by atoms with van der Waals surface area (Å²) in [6, 6.07) is 16.1. The van der Waals surface area contributed by atoms with Gasteiger partial charge in [-0.3, -0.25) is 4.68 Å². The molecule has 5 aromatic rings. The molecule has 0 saturated carbocycles. The molecule has 0 amide bonds. The SMILES string of the molecule is CCn1c2ccc(CNCCn3cc(C)cn3)cc2c2ccc(-c3cc(C)cs3)cc21. The Labute approximate surface area is 187 Å². The third-order valence-corrected chi connectivity index (χ3v) is 6.97. The van der Waals surface area contributed by atoms with Gasteiger partial charge in [-0.1, -0.05) is 18.2 Å². The highest BCUT2D eigenvalue weighted by molar-refractivity contribution is 7.13. The molecule has 1 N–H and O–H groups in total. The lowest BCUT2D eigenvalue weighted by molar-refractivity contribution is 0.555. The largest absolute Gasteiger partial charge is 0.341 e. The summed E-state index contributed by atoms with van der Waals surface area (Å²) >= 11 is 1.82. The van der Waals surface area contributed by atoms with Crippen molar-refractivity contribution in [2.75, 3.05) is 6.54 Å². The van der Waals surface area contributed by atoms with Crippen LogP contribution < -0.4 is 5.32 Å². The van der Waals surface area contributed by atoms with E-state index in [2.05, 4.69) is 89.8 Å². The van der Waals surface area contributed by atoms with E-state index in [4.69, 9.17) is 0 Å². The molecule has 0 radical (unpaired) electrons. The van der Waals surface area contributed by atoms with Crippen LogP contribution in [0.1, 0.15) is 23.6 Å². The van der Waals surface area contributed by atoms with Gasteiger partial charge in [0.15, 0.2) is 0 Å². The van der Waals surface area contributed by atoms with Crippen LogP contribution in [0.25, 0.3) is 32.2 Å². The standard InChI is InChI=1S/C26H28N4S/c1-4-30-24-8-5-20(15-27-9-10-29-16-19(3)14-28-29)12-23(24)22-7-6-21(13-25(22)30)26-11-18(2)17-31-26/h5-8,11-14,16-17,27H,4,9-10,15H2,1-3H3. The van der Waals surface area contributed by atoms with Gasteiger partial charge < -0.3 is 9.88 Å². The number of thiophene rings is 1. The minimum atomic E-state index is 0.863. The Morgan fingerprint density at radius 3 is 2.61 bits per heavy atom. The van der Waals surface area contributed by atoms with E-state index in [1.165, 1.54) is 48.9 Å². The fourth-order valence-corrected chi connectivity index (χ4v) is 5.25. The van der Waals surface area contributed by atoms with Gasteiger partial charge in [0.1, 0.15) is 0 Å². The minimum Gasteiger partial charge on any atom is -0.341 e. The number of nitrogens with one attached hydrogen (secondary N) is 1. The summed E-state index contributed by atoms with van der Waals surface area (Å²) in [5.41, 5.74) is 7.79. The molecular formula is C26H28N4S. The van der Waals surface area contributed by atoms with Crippen LogP contribution in [0.5, 0.6) is 0 Å². The first-order valence-electron chi connectivity index (χ1n) is 10.9. The number of benzene rings is 2. The average molecular weight is 429 g/mol. The molecule has 5 rings (SSSR count). The molecule has 0 spiro atoms. The smallest absolute Gasteiger partial charge is 0.0534 e. The van der Waals surface area contributed by atoms with E-state index in [1.807, 2.05) is 22.2 Å². The van der Waals surface area contributed by atoms with Gasteiger partial charge in [0.25, 0.3) is 0 Å². The zero-order chi connectivity index (χ0) is 21.4. The molecule has 158 valence electrons. The summed E-state index contributed by atoms with van der Waals surface area (Å²) < 4.78 is 4.43. The van der Waals surface area contributed by atoms with Crippen molar-refractivity contribution >= 4 is 33.1 Å². The highest BCUT2D eigenvalue weighted by atomic mass is 32.1. The lowest BCUT2D eigenvalue weighted by atomic mass is 10.1. The van der Waals surface area contributed by atoms with Crippen LogP contribution in [-0.4, -0.2) is 20.9 Å². The zero-order valence-electron chi connectivity index (χ0n) is 18.4. The summed E-state index contributed by atoms with van der Waals surface area (Å²) in [6.45, 7) is 10.1. The van der Waals surface area contributed by atoms with Crippen molar-refractivity contribution < 1.29 is 0 Å². The topological polar surface area (TPSA) is 34.8 Å². The predicted molar refractivity (Wildman–Crippen MR) is 132 cm³/mol. The Balaban J connectivity index is 1.41. The van der Waals surface area contributed by atoms with Gasteiger partial charge in [-0.15, -0.1) is 11.3 Å². The van der Waals surface area contributed by atoms with E-state index in [0.29, 0.717) is 0 Å². The Hall–Kier alpha value is -2.89. The molecule has 4 nitrogen and oxygen atoms in total. The fraction of sp³-hybridized carbons (Fsp3) is 0.269. The van der Waals surface area contributed by atoms with Crippen molar-refractivity contribution in [3.05, 3.63) is 76.9 Å². The van der Waals surface area contributed by atoms with Crippen molar-refractivity contribution in [2.24, 2.45) is 0 Å². The van der Waals surface area contributed by atoms with Gasteiger partial charge in [0.2, 0.25) is 0 Å². The summed E-state index contributed by atoms with van der Waals surface area (Å²) in [6.07, 6.45) is 3.99. The number of hydrogen-bond acceptors (Lipinski definition) is 3. The van der Waals surface area contributed by atoms with Crippen molar-refractivity contribution in [3.8, 4) is 10.4 Å². The molecule has 5 heteroatoms. The molecule has 31 heavy (non-hydrogen) atoms. The molecule has 0 saturated heterocycles. The first kappa shape index (κ1) is 20.0. The quantitative estimate of drug-likeness (QED) is 0.316. The minimum absolute atomic E-state index is 0.863. The van der Waals surface area contributed by atoms with Crippen LogP contribution >= 0.6 is 11.3 Å². The van der Waals surface area contributed by atoms with Gasteiger partial charge in [0, 0.05) is 52.5 Å². The molecule has 3 heterocycles. The molecule has 0 aliphatic carbocycles. The summed E-state index contributed by atoms with van der Waals surface area (Å²) in [5, 5.41) is 12.8. The summed E-state index contributed by atoms with van der Waals surface area (Å²) in [4.78, 5) is 1.34. The number of aromatic nitrogens is 3. The Bertz CT molecular complexity index is 1350. The van der Waals surface area contributed by atoms with Gasteiger partial charge in [-0.05, 0) is 72.7 Å². The second kappa shape index (κ2) is 8.33. The second-order valence-corrected chi connectivity index (χ2v) is 9.18. The highest BCUT2D eigenvalue weighted by Crippen LogP contribution is 2.35. The van der Waals surface area contributed by atoms with E-state index in [9.17, 15) is 0 Å². The van der Waals surface area contributed by atoms with Crippen LogP contribution in [0.2, 0.25) is 0 Å². The van der Waals surface area contributed by atoms with Crippen LogP contribution in [0.4, 0.5) is 0 Å². The maximum atomic E-state index is 4.35. The lowest BCUT2D eigenvalue weighted by Crippen LogP contribution is -2.19. The van der Waals surface area contributed by atoms with Crippen LogP contribution in [0.15, 0.2) is 60.2 Å². The first-order chi connectivity index (χ1) is 15.1. The normalized spacial score (nSPS) is 11.7. The van der Waals surface area contributed by atoms with E-state index in [1.54, 1.807) is 0 Å². The van der Waals surface area contributed by atoms with E-state index in [-0.39, 0.29) is 0 Å². The van der Waals surface area contributed by atoms with Gasteiger partial charge >= 0.3 is 0 Å². The van der Waals surface area contributed by atoms with E-state index in [0.717, 1.165) is 26.2 Å².